The lowest BCUT2D eigenvalue weighted by Crippen LogP contribution is -2.36. The van der Waals surface area contributed by atoms with E-state index in [0.29, 0.717) is 10.7 Å². The third-order valence-electron chi connectivity index (χ3n) is 1.66. The molecule has 0 spiro atoms. The standard InChI is InChI=1S/C8H5Cl2FN2/c9-8(10)4-12-6-2-1-5(11)3-7(6)13-8/h1-3H,4H2. The first kappa shape index (κ1) is 8.91. The van der Waals surface area contributed by atoms with Crippen LogP contribution in [0.1, 0.15) is 0 Å². The summed E-state index contributed by atoms with van der Waals surface area (Å²) in [6.07, 6.45) is 0. The zero-order chi connectivity index (χ0) is 9.47. The number of rotatable bonds is 0. The molecular weight excluding hydrogens is 214 g/mol. The average Bonchev–Trinajstić information content (AvgIpc) is 2.01. The maximum Gasteiger partial charge on any atom is 0.227 e. The first-order valence-corrected chi connectivity index (χ1v) is 4.40. The number of hydrogen-bond acceptors (Lipinski definition) is 2. The van der Waals surface area contributed by atoms with E-state index in [1.54, 1.807) is 6.07 Å². The molecule has 1 heterocycles. The zero-order valence-electron chi connectivity index (χ0n) is 6.47. The molecule has 1 aromatic carbocycles. The van der Waals surface area contributed by atoms with Crippen molar-refractivity contribution < 1.29 is 4.39 Å². The van der Waals surface area contributed by atoms with E-state index in [1.807, 2.05) is 0 Å². The summed E-state index contributed by atoms with van der Waals surface area (Å²) in [4.78, 5) is 8.00. The number of nitrogens with zero attached hydrogens (tertiary/aromatic N) is 2. The van der Waals surface area contributed by atoms with Crippen LogP contribution in [0.5, 0.6) is 0 Å². The molecule has 2 nitrogen and oxygen atoms in total. The van der Waals surface area contributed by atoms with E-state index in [4.69, 9.17) is 23.2 Å². The molecule has 0 N–H and O–H groups in total. The molecular formula is C8H5Cl2FN2. The summed E-state index contributed by atoms with van der Waals surface area (Å²) in [5, 5.41) is 1.02. The van der Waals surface area contributed by atoms with E-state index in [2.05, 4.69) is 9.98 Å². The van der Waals surface area contributed by atoms with Crippen molar-refractivity contribution in [1.82, 2.24) is 0 Å². The second-order valence-corrected chi connectivity index (χ2v) is 4.17. The molecule has 0 radical (unpaired) electrons. The van der Waals surface area contributed by atoms with Crippen LogP contribution in [0.25, 0.3) is 0 Å². The van der Waals surface area contributed by atoms with Crippen LogP contribution in [-0.4, -0.2) is 11.0 Å². The molecule has 0 bridgehead atoms. The van der Waals surface area contributed by atoms with Crippen molar-refractivity contribution in [2.45, 2.75) is 4.46 Å². The Labute approximate surface area is 83.7 Å². The SMILES string of the molecule is Fc1ccc2c(c1)=NC(Cl)(Cl)CN=2. The van der Waals surface area contributed by atoms with Crippen LogP contribution in [-0.2, 0) is 0 Å². The summed E-state index contributed by atoms with van der Waals surface area (Å²) in [6.45, 7) is 0.203. The van der Waals surface area contributed by atoms with Crippen LogP contribution in [0.2, 0.25) is 0 Å². The molecule has 0 fully saturated rings. The second kappa shape index (κ2) is 2.93. The predicted octanol–water partition coefficient (Wildman–Crippen LogP) is 1.21. The maximum atomic E-state index is 12.8. The average molecular weight is 219 g/mol. The minimum Gasteiger partial charge on any atom is -0.278 e. The summed E-state index contributed by atoms with van der Waals surface area (Å²) in [5.74, 6) is -0.372. The molecule has 1 aliphatic heterocycles. The fraction of sp³-hybridized carbons (Fsp3) is 0.250. The third-order valence-corrected chi connectivity index (χ3v) is 2.07. The van der Waals surface area contributed by atoms with E-state index in [9.17, 15) is 4.39 Å². The van der Waals surface area contributed by atoms with E-state index in [0.717, 1.165) is 0 Å². The third kappa shape index (κ3) is 1.81. The van der Waals surface area contributed by atoms with Crippen LogP contribution in [0, 0.1) is 5.82 Å². The molecule has 0 saturated carbocycles. The summed E-state index contributed by atoms with van der Waals surface area (Å²) in [7, 11) is 0. The van der Waals surface area contributed by atoms with Gasteiger partial charge in [-0.05, 0) is 12.1 Å². The number of halogens is 3. The van der Waals surface area contributed by atoms with Crippen LogP contribution in [0.15, 0.2) is 28.2 Å². The van der Waals surface area contributed by atoms with Crippen LogP contribution in [0.3, 0.4) is 0 Å². The van der Waals surface area contributed by atoms with Gasteiger partial charge < -0.3 is 0 Å². The molecule has 0 atom stereocenters. The summed E-state index contributed by atoms with van der Waals surface area (Å²) in [6, 6.07) is 4.14. The van der Waals surface area contributed by atoms with Gasteiger partial charge in [0, 0.05) is 6.07 Å². The molecule has 0 saturated heterocycles. The van der Waals surface area contributed by atoms with Gasteiger partial charge in [0.25, 0.3) is 0 Å². The first-order valence-electron chi connectivity index (χ1n) is 3.65. The van der Waals surface area contributed by atoms with Crippen LogP contribution in [0.4, 0.5) is 4.39 Å². The van der Waals surface area contributed by atoms with Crippen molar-refractivity contribution >= 4 is 23.2 Å². The number of hydrogen-bond donors (Lipinski definition) is 0. The lowest BCUT2D eigenvalue weighted by Gasteiger charge is -2.14. The Balaban J connectivity index is 2.72. The molecule has 2 rings (SSSR count). The summed E-state index contributed by atoms with van der Waals surface area (Å²) < 4.78 is 11.5. The van der Waals surface area contributed by atoms with Gasteiger partial charge in [-0.25, -0.2) is 9.38 Å². The predicted molar refractivity (Wildman–Crippen MR) is 48.0 cm³/mol. The van der Waals surface area contributed by atoms with Gasteiger partial charge in [-0.3, -0.25) is 4.99 Å². The topological polar surface area (TPSA) is 24.7 Å². The molecule has 13 heavy (non-hydrogen) atoms. The van der Waals surface area contributed by atoms with E-state index in [1.165, 1.54) is 12.1 Å². The number of alkyl halides is 2. The highest BCUT2D eigenvalue weighted by Crippen LogP contribution is 2.22. The number of fused-ring (bicyclic) bond motifs is 1. The van der Waals surface area contributed by atoms with E-state index >= 15 is 0 Å². The van der Waals surface area contributed by atoms with Crippen molar-refractivity contribution in [2.75, 3.05) is 6.54 Å². The van der Waals surface area contributed by atoms with Crippen molar-refractivity contribution in [1.29, 1.82) is 0 Å². The van der Waals surface area contributed by atoms with Crippen molar-refractivity contribution in [3.8, 4) is 0 Å². The zero-order valence-corrected chi connectivity index (χ0v) is 7.98. The molecule has 0 aromatic heterocycles. The second-order valence-electron chi connectivity index (χ2n) is 2.73. The highest BCUT2D eigenvalue weighted by Gasteiger charge is 2.23. The highest BCUT2D eigenvalue weighted by atomic mass is 35.5. The van der Waals surface area contributed by atoms with Gasteiger partial charge in [0.1, 0.15) is 5.82 Å². The van der Waals surface area contributed by atoms with Gasteiger partial charge in [0.2, 0.25) is 4.46 Å². The van der Waals surface area contributed by atoms with Gasteiger partial charge in [-0.1, -0.05) is 23.2 Å². The molecule has 0 unspecified atom stereocenters. The molecule has 1 aromatic rings. The maximum absolute atomic E-state index is 12.8. The smallest absolute Gasteiger partial charge is 0.227 e. The van der Waals surface area contributed by atoms with Gasteiger partial charge in [-0.2, -0.15) is 0 Å². The number of benzene rings is 1. The van der Waals surface area contributed by atoms with Crippen LogP contribution >= 0.6 is 23.2 Å². The largest absolute Gasteiger partial charge is 0.278 e. The highest BCUT2D eigenvalue weighted by molar-refractivity contribution is 6.48. The normalized spacial score (nSPS) is 18.4. The Bertz CT molecular complexity index is 456. The minimum absolute atomic E-state index is 0.203. The quantitative estimate of drug-likeness (QED) is 0.462. The Morgan fingerprint density at radius 1 is 1.31 bits per heavy atom. The lowest BCUT2D eigenvalue weighted by molar-refractivity contribution is 0.620. The monoisotopic (exact) mass is 218 g/mol. The first-order chi connectivity index (χ1) is 6.07. The van der Waals surface area contributed by atoms with Crippen molar-refractivity contribution in [3.63, 3.8) is 0 Å². The molecule has 1 aliphatic rings. The van der Waals surface area contributed by atoms with Crippen LogP contribution < -0.4 is 10.7 Å². The fourth-order valence-electron chi connectivity index (χ4n) is 1.11. The minimum atomic E-state index is -1.25. The van der Waals surface area contributed by atoms with Gasteiger partial charge in [0.05, 0.1) is 17.3 Å². The Morgan fingerprint density at radius 3 is 2.85 bits per heavy atom. The summed E-state index contributed by atoms with van der Waals surface area (Å²) >= 11 is 11.5. The van der Waals surface area contributed by atoms with E-state index < -0.39 is 4.46 Å². The van der Waals surface area contributed by atoms with Gasteiger partial charge >= 0.3 is 0 Å². The summed E-state index contributed by atoms with van der Waals surface area (Å²) in [5.41, 5.74) is 0. The molecule has 0 aliphatic carbocycles. The van der Waals surface area contributed by atoms with Gasteiger partial charge in [0.15, 0.2) is 0 Å². The lowest BCUT2D eigenvalue weighted by atomic mass is 10.3. The fourth-order valence-corrected chi connectivity index (χ4v) is 1.41. The Kier molecular flexibility index (Phi) is 2.00. The molecule has 5 heteroatoms. The van der Waals surface area contributed by atoms with Gasteiger partial charge in [-0.15, -0.1) is 0 Å². The van der Waals surface area contributed by atoms with Crippen molar-refractivity contribution in [3.05, 3.63) is 34.7 Å². The Morgan fingerprint density at radius 2 is 2.08 bits per heavy atom. The molecule has 0 amide bonds. The Hall–Kier alpha value is -0.670. The van der Waals surface area contributed by atoms with E-state index in [-0.39, 0.29) is 12.4 Å². The molecule has 68 valence electrons. The van der Waals surface area contributed by atoms with Crippen molar-refractivity contribution in [2.24, 2.45) is 9.98 Å².